The predicted molar refractivity (Wildman–Crippen MR) is 72.8 cm³/mol. The fraction of sp³-hybridized carbons (Fsp3) is 0.385. The standard InChI is InChI=1S/C13H16ClNOS/c1-2-6-15-11(8-10-5-7-16-9-10)12-3-4-13(14)17-12/h3-5,7,9,11,15H,2,6,8H2,1H3. The zero-order chi connectivity index (χ0) is 12.1. The maximum atomic E-state index is 5.99. The molecule has 0 bridgehead atoms. The molecule has 0 aromatic carbocycles. The second-order valence-corrected chi connectivity index (χ2v) is 5.73. The predicted octanol–water partition coefficient (Wildman–Crippen LogP) is 4.28. The summed E-state index contributed by atoms with van der Waals surface area (Å²) in [6, 6.07) is 6.39. The van der Waals surface area contributed by atoms with Crippen molar-refractivity contribution in [1.29, 1.82) is 0 Å². The fourth-order valence-electron chi connectivity index (χ4n) is 1.75. The van der Waals surface area contributed by atoms with Crippen LogP contribution in [0.2, 0.25) is 4.34 Å². The van der Waals surface area contributed by atoms with Crippen LogP contribution in [-0.4, -0.2) is 6.54 Å². The zero-order valence-electron chi connectivity index (χ0n) is 9.78. The summed E-state index contributed by atoms with van der Waals surface area (Å²) in [7, 11) is 0. The average Bonchev–Trinajstić information content (AvgIpc) is 2.95. The molecule has 0 aliphatic carbocycles. The molecule has 0 saturated carbocycles. The first-order valence-electron chi connectivity index (χ1n) is 5.79. The van der Waals surface area contributed by atoms with E-state index < -0.39 is 0 Å². The van der Waals surface area contributed by atoms with Crippen molar-refractivity contribution < 1.29 is 4.42 Å². The van der Waals surface area contributed by atoms with Crippen LogP contribution in [0, 0.1) is 0 Å². The Kier molecular flexibility index (Phi) is 4.66. The van der Waals surface area contributed by atoms with Gasteiger partial charge in [-0.1, -0.05) is 18.5 Å². The minimum absolute atomic E-state index is 0.324. The van der Waals surface area contributed by atoms with Crippen molar-refractivity contribution in [2.24, 2.45) is 0 Å². The molecular formula is C13H16ClNOS. The van der Waals surface area contributed by atoms with E-state index in [1.54, 1.807) is 23.9 Å². The van der Waals surface area contributed by atoms with Crippen molar-refractivity contribution in [2.45, 2.75) is 25.8 Å². The van der Waals surface area contributed by atoms with Crippen LogP contribution in [-0.2, 0) is 6.42 Å². The lowest BCUT2D eigenvalue weighted by atomic mass is 10.1. The van der Waals surface area contributed by atoms with Crippen molar-refractivity contribution in [1.82, 2.24) is 5.32 Å². The number of nitrogens with one attached hydrogen (secondary N) is 1. The van der Waals surface area contributed by atoms with E-state index in [0.29, 0.717) is 6.04 Å². The number of thiophene rings is 1. The Morgan fingerprint density at radius 2 is 2.29 bits per heavy atom. The van der Waals surface area contributed by atoms with E-state index in [2.05, 4.69) is 18.3 Å². The lowest BCUT2D eigenvalue weighted by Crippen LogP contribution is -2.23. The van der Waals surface area contributed by atoms with E-state index >= 15 is 0 Å². The van der Waals surface area contributed by atoms with Crippen LogP contribution in [0.25, 0.3) is 0 Å². The summed E-state index contributed by atoms with van der Waals surface area (Å²) in [6.07, 6.45) is 5.58. The number of rotatable bonds is 6. The average molecular weight is 270 g/mol. The topological polar surface area (TPSA) is 25.2 Å². The molecule has 0 aliphatic heterocycles. The number of furan rings is 1. The van der Waals surface area contributed by atoms with Gasteiger partial charge in [0.15, 0.2) is 0 Å². The third-order valence-corrected chi connectivity index (χ3v) is 3.94. The van der Waals surface area contributed by atoms with Crippen molar-refractivity contribution in [2.75, 3.05) is 6.54 Å². The summed E-state index contributed by atoms with van der Waals surface area (Å²) in [6.45, 7) is 3.18. The molecule has 2 nitrogen and oxygen atoms in total. The molecule has 0 aliphatic rings. The van der Waals surface area contributed by atoms with Crippen LogP contribution in [0.3, 0.4) is 0 Å². The summed E-state index contributed by atoms with van der Waals surface area (Å²) in [5.41, 5.74) is 1.21. The van der Waals surface area contributed by atoms with Crippen molar-refractivity contribution >= 4 is 22.9 Å². The molecule has 2 heterocycles. The molecule has 4 heteroatoms. The number of hydrogen-bond donors (Lipinski definition) is 1. The second kappa shape index (κ2) is 6.24. The Labute approximate surface area is 111 Å². The zero-order valence-corrected chi connectivity index (χ0v) is 11.4. The van der Waals surface area contributed by atoms with Gasteiger partial charge in [0, 0.05) is 10.9 Å². The number of halogens is 1. The molecular weight excluding hydrogens is 254 g/mol. The Balaban J connectivity index is 2.07. The normalized spacial score (nSPS) is 12.8. The minimum atomic E-state index is 0.324. The summed E-state index contributed by atoms with van der Waals surface area (Å²) in [5, 5.41) is 3.55. The van der Waals surface area contributed by atoms with E-state index in [-0.39, 0.29) is 0 Å². The van der Waals surface area contributed by atoms with Gasteiger partial charge in [0.1, 0.15) is 0 Å². The fourth-order valence-corrected chi connectivity index (χ4v) is 2.89. The summed E-state index contributed by atoms with van der Waals surface area (Å²) >= 11 is 7.63. The van der Waals surface area contributed by atoms with Crippen LogP contribution in [0.4, 0.5) is 0 Å². The Morgan fingerprint density at radius 3 is 2.88 bits per heavy atom. The van der Waals surface area contributed by atoms with Crippen molar-refractivity contribution in [3.63, 3.8) is 0 Å². The largest absolute Gasteiger partial charge is 0.472 e. The van der Waals surface area contributed by atoms with Gasteiger partial charge in [-0.3, -0.25) is 0 Å². The van der Waals surface area contributed by atoms with Gasteiger partial charge in [0.05, 0.1) is 16.9 Å². The molecule has 0 fully saturated rings. The lowest BCUT2D eigenvalue weighted by molar-refractivity contribution is 0.526. The Morgan fingerprint density at radius 1 is 1.41 bits per heavy atom. The highest BCUT2D eigenvalue weighted by atomic mass is 35.5. The summed E-state index contributed by atoms with van der Waals surface area (Å²) in [4.78, 5) is 1.28. The monoisotopic (exact) mass is 269 g/mol. The van der Waals surface area contributed by atoms with E-state index in [0.717, 1.165) is 23.7 Å². The summed E-state index contributed by atoms with van der Waals surface area (Å²) in [5.74, 6) is 0. The first kappa shape index (κ1) is 12.7. The van der Waals surface area contributed by atoms with Gasteiger partial charge in [-0.2, -0.15) is 0 Å². The van der Waals surface area contributed by atoms with Gasteiger partial charge in [-0.15, -0.1) is 11.3 Å². The van der Waals surface area contributed by atoms with Crippen LogP contribution in [0.15, 0.2) is 35.1 Å². The van der Waals surface area contributed by atoms with Gasteiger partial charge in [0.2, 0.25) is 0 Å². The SMILES string of the molecule is CCCNC(Cc1ccoc1)c1ccc(Cl)s1. The highest BCUT2D eigenvalue weighted by Crippen LogP contribution is 2.29. The van der Waals surface area contributed by atoms with E-state index in [1.165, 1.54) is 10.4 Å². The third-order valence-electron chi connectivity index (χ3n) is 2.60. The molecule has 0 radical (unpaired) electrons. The molecule has 0 saturated heterocycles. The molecule has 2 aromatic rings. The van der Waals surface area contributed by atoms with Gasteiger partial charge in [-0.05, 0) is 43.1 Å². The Hall–Kier alpha value is -0.770. The maximum Gasteiger partial charge on any atom is 0.0935 e. The van der Waals surface area contributed by atoms with Gasteiger partial charge >= 0.3 is 0 Å². The molecule has 2 rings (SSSR count). The lowest BCUT2D eigenvalue weighted by Gasteiger charge is -2.16. The third kappa shape index (κ3) is 3.60. The highest BCUT2D eigenvalue weighted by Gasteiger charge is 2.14. The van der Waals surface area contributed by atoms with E-state index in [1.807, 2.05) is 12.1 Å². The van der Waals surface area contributed by atoms with Gasteiger partial charge < -0.3 is 9.73 Å². The van der Waals surface area contributed by atoms with Gasteiger partial charge in [0.25, 0.3) is 0 Å². The van der Waals surface area contributed by atoms with Crippen LogP contribution >= 0.6 is 22.9 Å². The maximum absolute atomic E-state index is 5.99. The molecule has 2 aromatic heterocycles. The van der Waals surface area contributed by atoms with E-state index in [9.17, 15) is 0 Å². The molecule has 0 spiro atoms. The first-order valence-corrected chi connectivity index (χ1v) is 6.98. The molecule has 17 heavy (non-hydrogen) atoms. The second-order valence-electron chi connectivity index (χ2n) is 3.98. The van der Waals surface area contributed by atoms with Crippen molar-refractivity contribution in [3.8, 4) is 0 Å². The molecule has 1 atom stereocenters. The summed E-state index contributed by atoms with van der Waals surface area (Å²) < 4.78 is 5.95. The Bertz CT molecular complexity index is 438. The van der Waals surface area contributed by atoms with Crippen LogP contribution in [0.1, 0.15) is 29.8 Å². The smallest absolute Gasteiger partial charge is 0.0935 e. The quantitative estimate of drug-likeness (QED) is 0.847. The molecule has 92 valence electrons. The van der Waals surface area contributed by atoms with Gasteiger partial charge in [-0.25, -0.2) is 0 Å². The van der Waals surface area contributed by atoms with Crippen LogP contribution < -0.4 is 5.32 Å². The number of hydrogen-bond acceptors (Lipinski definition) is 3. The minimum Gasteiger partial charge on any atom is -0.472 e. The van der Waals surface area contributed by atoms with Crippen molar-refractivity contribution in [3.05, 3.63) is 45.5 Å². The van der Waals surface area contributed by atoms with E-state index in [4.69, 9.17) is 16.0 Å². The molecule has 1 unspecified atom stereocenters. The molecule has 0 amide bonds. The highest BCUT2D eigenvalue weighted by molar-refractivity contribution is 7.16. The molecule has 1 N–H and O–H groups in total. The van der Waals surface area contributed by atoms with Crippen LogP contribution in [0.5, 0.6) is 0 Å². The first-order chi connectivity index (χ1) is 8.29.